The molecule has 98 valence electrons. The van der Waals surface area contributed by atoms with Crippen molar-refractivity contribution in [2.24, 2.45) is 0 Å². The van der Waals surface area contributed by atoms with Crippen LogP contribution in [0.1, 0.15) is 16.7 Å². The van der Waals surface area contributed by atoms with Crippen LogP contribution in [0.25, 0.3) is 12.2 Å². The average Bonchev–Trinajstić information content (AvgIpc) is 2.37. The Balaban J connectivity index is 2.36. The minimum Gasteiger partial charge on any atom is -0.282 e. The maximum absolute atomic E-state index is 11.2. The fraction of sp³-hybridized carbons (Fsp3) is 0.0667. The molecule has 0 aliphatic rings. The predicted octanol–water partition coefficient (Wildman–Crippen LogP) is 3.41. The lowest BCUT2D eigenvalue weighted by atomic mass is 10.1. The minimum absolute atomic E-state index is 0.0849. The lowest BCUT2D eigenvalue weighted by molar-refractivity contribution is 0.483. The molecule has 2 rings (SSSR count). The van der Waals surface area contributed by atoms with Crippen molar-refractivity contribution >= 4 is 22.3 Å². The third-order valence-corrected chi connectivity index (χ3v) is 3.66. The highest BCUT2D eigenvalue weighted by Gasteiger charge is 2.12. The van der Waals surface area contributed by atoms with Crippen LogP contribution in [0.2, 0.25) is 0 Å². The predicted molar refractivity (Wildman–Crippen MR) is 76.4 cm³/mol. The summed E-state index contributed by atoms with van der Waals surface area (Å²) >= 11 is 0. The van der Waals surface area contributed by atoms with Crippen LogP contribution in [0.15, 0.2) is 53.4 Å². The molecule has 2 aromatic carbocycles. The summed E-state index contributed by atoms with van der Waals surface area (Å²) in [5, 5.41) is 0. The highest BCUT2D eigenvalue weighted by Crippen LogP contribution is 2.18. The molecule has 0 saturated heterocycles. The summed E-state index contributed by atoms with van der Waals surface area (Å²) in [6.45, 7) is 2.00. The second-order valence-corrected chi connectivity index (χ2v) is 5.65. The Morgan fingerprint density at radius 3 is 2.21 bits per heavy atom. The molecule has 3 nitrogen and oxygen atoms in total. The topological polar surface area (TPSA) is 54.4 Å². The van der Waals surface area contributed by atoms with Crippen molar-refractivity contribution in [2.45, 2.75) is 11.8 Å². The molecule has 0 bridgehead atoms. The molecule has 0 amide bonds. The fourth-order valence-corrected chi connectivity index (χ4v) is 2.40. The molecule has 1 N–H and O–H groups in total. The molecule has 0 fully saturated rings. The quantitative estimate of drug-likeness (QED) is 0.689. The Kier molecular flexibility index (Phi) is 3.83. The van der Waals surface area contributed by atoms with E-state index in [0.29, 0.717) is 5.56 Å². The highest BCUT2D eigenvalue weighted by molar-refractivity contribution is 7.85. The zero-order valence-corrected chi connectivity index (χ0v) is 11.3. The molecule has 0 heterocycles. The zero-order chi connectivity index (χ0) is 13.9. The van der Waals surface area contributed by atoms with E-state index in [0.717, 1.165) is 11.1 Å². The standard InChI is InChI=1S/C15H14O3S/c1-12-6-8-13(9-7-12)10-11-14-4-2-3-5-15(14)19(16,17)18/h2-11H,1H3,(H,16,17,18)/b11-10+. The average molecular weight is 274 g/mol. The van der Waals surface area contributed by atoms with Gasteiger partial charge in [0.2, 0.25) is 0 Å². The third kappa shape index (κ3) is 3.53. The summed E-state index contributed by atoms with van der Waals surface area (Å²) in [6.07, 6.45) is 3.48. The van der Waals surface area contributed by atoms with Crippen molar-refractivity contribution in [3.05, 3.63) is 65.2 Å². The Morgan fingerprint density at radius 1 is 0.947 bits per heavy atom. The molecule has 0 atom stereocenters. The Morgan fingerprint density at radius 2 is 1.58 bits per heavy atom. The van der Waals surface area contributed by atoms with Crippen molar-refractivity contribution in [2.75, 3.05) is 0 Å². The molecule has 0 unspecified atom stereocenters. The van der Waals surface area contributed by atoms with Gasteiger partial charge in [-0.05, 0) is 24.1 Å². The number of rotatable bonds is 3. The molecule has 0 spiro atoms. The molecule has 0 aliphatic heterocycles. The second kappa shape index (κ2) is 5.38. The molecular formula is C15H14O3S. The fourth-order valence-electron chi connectivity index (χ4n) is 1.72. The first kappa shape index (κ1) is 13.5. The molecule has 19 heavy (non-hydrogen) atoms. The van der Waals surface area contributed by atoms with Crippen molar-refractivity contribution in [1.82, 2.24) is 0 Å². The zero-order valence-electron chi connectivity index (χ0n) is 10.4. The summed E-state index contributed by atoms with van der Waals surface area (Å²) in [6, 6.07) is 14.2. The van der Waals surface area contributed by atoms with E-state index in [9.17, 15) is 8.42 Å². The molecule has 4 heteroatoms. The van der Waals surface area contributed by atoms with Crippen LogP contribution in [-0.2, 0) is 10.1 Å². The summed E-state index contributed by atoms with van der Waals surface area (Å²) < 4.78 is 31.6. The Bertz CT molecular complexity index is 698. The van der Waals surface area contributed by atoms with Gasteiger partial charge in [0.05, 0.1) is 0 Å². The number of hydrogen-bond donors (Lipinski definition) is 1. The van der Waals surface area contributed by atoms with Crippen molar-refractivity contribution in [1.29, 1.82) is 0 Å². The second-order valence-electron chi connectivity index (χ2n) is 4.26. The van der Waals surface area contributed by atoms with E-state index in [2.05, 4.69) is 0 Å². The smallest absolute Gasteiger partial charge is 0.282 e. The van der Waals surface area contributed by atoms with Crippen LogP contribution >= 0.6 is 0 Å². The molecule has 0 radical (unpaired) electrons. The van der Waals surface area contributed by atoms with Crippen molar-refractivity contribution in [3.63, 3.8) is 0 Å². The van der Waals surface area contributed by atoms with Crippen LogP contribution < -0.4 is 0 Å². The minimum atomic E-state index is -4.20. The van der Waals surface area contributed by atoms with E-state index in [1.807, 2.05) is 37.3 Å². The van der Waals surface area contributed by atoms with Gasteiger partial charge in [-0.15, -0.1) is 0 Å². The van der Waals surface area contributed by atoms with Gasteiger partial charge in [-0.2, -0.15) is 8.42 Å². The first-order chi connectivity index (χ1) is 8.97. The molecule has 0 aromatic heterocycles. The Hall–Kier alpha value is -1.91. The van der Waals surface area contributed by atoms with Crippen LogP contribution in [0.3, 0.4) is 0 Å². The van der Waals surface area contributed by atoms with Crippen LogP contribution in [-0.4, -0.2) is 13.0 Å². The van der Waals surface area contributed by atoms with E-state index >= 15 is 0 Å². The lowest BCUT2D eigenvalue weighted by Crippen LogP contribution is -2.00. The van der Waals surface area contributed by atoms with Gasteiger partial charge < -0.3 is 0 Å². The van der Waals surface area contributed by atoms with Gasteiger partial charge in [-0.1, -0.05) is 60.2 Å². The van der Waals surface area contributed by atoms with Crippen LogP contribution in [0, 0.1) is 6.92 Å². The van der Waals surface area contributed by atoms with E-state index < -0.39 is 10.1 Å². The summed E-state index contributed by atoms with van der Waals surface area (Å²) in [4.78, 5) is -0.0849. The van der Waals surface area contributed by atoms with Gasteiger partial charge in [-0.3, -0.25) is 4.55 Å². The number of benzene rings is 2. The largest absolute Gasteiger partial charge is 0.295 e. The first-order valence-corrected chi connectivity index (χ1v) is 7.22. The SMILES string of the molecule is Cc1ccc(/C=C/c2ccccc2S(=O)(=O)O)cc1. The molecule has 0 saturated carbocycles. The van der Waals surface area contributed by atoms with Gasteiger partial charge in [0.1, 0.15) is 4.90 Å². The Labute approximate surface area is 113 Å². The first-order valence-electron chi connectivity index (χ1n) is 5.78. The van der Waals surface area contributed by atoms with Crippen molar-refractivity contribution in [3.8, 4) is 0 Å². The number of aryl methyl sites for hydroxylation is 1. The maximum atomic E-state index is 11.2. The van der Waals surface area contributed by atoms with Gasteiger partial charge >= 0.3 is 0 Å². The number of hydrogen-bond acceptors (Lipinski definition) is 2. The highest BCUT2D eigenvalue weighted by atomic mass is 32.2. The van der Waals surface area contributed by atoms with Crippen LogP contribution in [0.4, 0.5) is 0 Å². The van der Waals surface area contributed by atoms with Gasteiger partial charge in [-0.25, -0.2) is 0 Å². The van der Waals surface area contributed by atoms with Gasteiger partial charge in [0.25, 0.3) is 10.1 Å². The van der Waals surface area contributed by atoms with Crippen molar-refractivity contribution < 1.29 is 13.0 Å². The van der Waals surface area contributed by atoms with Gasteiger partial charge in [0.15, 0.2) is 0 Å². The van der Waals surface area contributed by atoms with E-state index in [4.69, 9.17) is 4.55 Å². The monoisotopic (exact) mass is 274 g/mol. The van der Waals surface area contributed by atoms with E-state index in [1.165, 1.54) is 6.07 Å². The normalized spacial score (nSPS) is 11.9. The molecular weight excluding hydrogens is 260 g/mol. The summed E-state index contributed by atoms with van der Waals surface area (Å²) in [5.41, 5.74) is 2.59. The summed E-state index contributed by atoms with van der Waals surface area (Å²) in [7, 11) is -4.20. The van der Waals surface area contributed by atoms with Gasteiger partial charge in [0, 0.05) is 0 Å². The van der Waals surface area contributed by atoms with Crippen LogP contribution in [0.5, 0.6) is 0 Å². The molecule has 2 aromatic rings. The molecule has 0 aliphatic carbocycles. The lowest BCUT2D eigenvalue weighted by Gasteiger charge is -2.02. The van der Waals surface area contributed by atoms with E-state index in [-0.39, 0.29) is 4.90 Å². The van der Waals surface area contributed by atoms with E-state index in [1.54, 1.807) is 24.3 Å². The summed E-state index contributed by atoms with van der Waals surface area (Å²) in [5.74, 6) is 0. The third-order valence-electron chi connectivity index (χ3n) is 2.73. The maximum Gasteiger partial charge on any atom is 0.295 e.